The number of hydrogen-bond donors (Lipinski definition) is 1. The van der Waals surface area contributed by atoms with Crippen molar-refractivity contribution in [2.24, 2.45) is 0 Å². The van der Waals surface area contributed by atoms with Crippen molar-refractivity contribution in [2.75, 3.05) is 13.7 Å². The van der Waals surface area contributed by atoms with Crippen molar-refractivity contribution in [3.63, 3.8) is 0 Å². The maximum Gasteiger partial charge on any atom is 0.273 e. The number of methoxy groups -OCH3 is 1. The third-order valence-electron chi connectivity index (χ3n) is 3.01. The van der Waals surface area contributed by atoms with E-state index >= 15 is 0 Å². The van der Waals surface area contributed by atoms with E-state index < -0.39 is 0 Å². The first-order chi connectivity index (χ1) is 10.1. The number of ether oxygens (including phenoxy) is 1. The number of nitrogens with one attached hydrogen (secondary N) is 1. The van der Waals surface area contributed by atoms with Gasteiger partial charge in [0.05, 0.1) is 12.8 Å². The summed E-state index contributed by atoms with van der Waals surface area (Å²) in [6.07, 6.45) is 0.862. The molecule has 112 valence electrons. The van der Waals surface area contributed by atoms with E-state index in [4.69, 9.17) is 16.3 Å². The lowest BCUT2D eigenvalue weighted by Gasteiger charge is -2.09. The predicted molar refractivity (Wildman–Crippen MR) is 80.3 cm³/mol. The molecule has 7 heteroatoms. The molecule has 21 heavy (non-hydrogen) atoms. The highest BCUT2D eigenvalue weighted by Gasteiger charge is 2.18. The van der Waals surface area contributed by atoms with Gasteiger partial charge < -0.3 is 10.1 Å². The lowest BCUT2D eigenvalue weighted by atomic mass is 10.2. The zero-order chi connectivity index (χ0) is 15.4. The Morgan fingerprint density at radius 2 is 2.24 bits per heavy atom. The topological polar surface area (TPSA) is 69.0 Å². The van der Waals surface area contributed by atoms with E-state index in [0.717, 1.165) is 6.42 Å². The Kier molecular flexibility index (Phi) is 4.80. The van der Waals surface area contributed by atoms with Crippen LogP contribution in [0, 0.1) is 6.92 Å². The molecule has 0 aliphatic carbocycles. The minimum Gasteiger partial charge on any atom is -0.494 e. The number of benzene rings is 1. The molecule has 0 fully saturated rings. The average Bonchev–Trinajstić information content (AvgIpc) is 2.86. The first kappa shape index (κ1) is 15.3. The molecule has 0 saturated heterocycles. The molecule has 1 N–H and O–H groups in total. The van der Waals surface area contributed by atoms with Crippen LogP contribution >= 0.6 is 11.6 Å². The van der Waals surface area contributed by atoms with E-state index in [2.05, 4.69) is 15.6 Å². The molecular formula is C14H17ClN4O2. The molecule has 2 rings (SSSR count). The number of hydrogen-bond acceptors (Lipinski definition) is 4. The minimum absolute atomic E-state index is 0.235. The Morgan fingerprint density at radius 3 is 2.90 bits per heavy atom. The predicted octanol–water partition coefficient (Wildman–Crippen LogP) is 2.38. The summed E-state index contributed by atoms with van der Waals surface area (Å²) in [6, 6.07) is 5.19. The zero-order valence-electron chi connectivity index (χ0n) is 12.2. The van der Waals surface area contributed by atoms with Gasteiger partial charge in [0.15, 0.2) is 5.69 Å². The second-order valence-corrected chi connectivity index (χ2v) is 4.94. The van der Waals surface area contributed by atoms with Gasteiger partial charge in [-0.2, -0.15) is 0 Å². The summed E-state index contributed by atoms with van der Waals surface area (Å²) in [5, 5.41) is 11.3. The van der Waals surface area contributed by atoms with E-state index in [1.165, 1.54) is 0 Å². The van der Waals surface area contributed by atoms with Crippen molar-refractivity contribution >= 4 is 17.5 Å². The number of halogens is 1. The third kappa shape index (κ3) is 3.16. The van der Waals surface area contributed by atoms with Gasteiger partial charge in [0, 0.05) is 11.6 Å². The van der Waals surface area contributed by atoms with E-state index in [9.17, 15) is 4.79 Å². The Hall–Kier alpha value is -2.08. The lowest BCUT2D eigenvalue weighted by molar-refractivity contribution is 0.0948. The Balaban J connectivity index is 2.41. The van der Waals surface area contributed by atoms with Gasteiger partial charge in [-0.1, -0.05) is 23.7 Å². The lowest BCUT2D eigenvalue weighted by Crippen LogP contribution is -2.25. The van der Waals surface area contributed by atoms with Crippen LogP contribution in [-0.4, -0.2) is 34.6 Å². The Bertz CT molecular complexity index is 654. The van der Waals surface area contributed by atoms with E-state index in [1.54, 1.807) is 36.9 Å². The highest BCUT2D eigenvalue weighted by molar-refractivity contribution is 6.30. The SMILES string of the molecule is CCCNC(=O)c1nnn(-c2cc(Cl)ccc2OC)c1C. The van der Waals surface area contributed by atoms with Crippen molar-refractivity contribution in [1.82, 2.24) is 20.3 Å². The van der Waals surface area contributed by atoms with Gasteiger partial charge in [0.25, 0.3) is 5.91 Å². The molecular weight excluding hydrogens is 292 g/mol. The number of nitrogens with zero attached hydrogens (tertiary/aromatic N) is 3. The van der Waals surface area contributed by atoms with Gasteiger partial charge in [-0.15, -0.1) is 5.10 Å². The van der Waals surface area contributed by atoms with Crippen molar-refractivity contribution in [3.8, 4) is 11.4 Å². The average molecular weight is 309 g/mol. The molecule has 0 radical (unpaired) electrons. The molecule has 1 heterocycles. The summed E-state index contributed by atoms with van der Waals surface area (Å²) >= 11 is 6.02. The largest absolute Gasteiger partial charge is 0.494 e. The van der Waals surface area contributed by atoms with Crippen LogP contribution in [-0.2, 0) is 0 Å². The molecule has 1 amide bonds. The first-order valence-corrected chi connectivity index (χ1v) is 7.00. The van der Waals surface area contributed by atoms with Crippen molar-refractivity contribution in [3.05, 3.63) is 34.6 Å². The molecule has 0 spiro atoms. The maximum absolute atomic E-state index is 12.0. The molecule has 2 aromatic rings. The number of carbonyl (C=O) groups excluding carboxylic acids is 1. The second-order valence-electron chi connectivity index (χ2n) is 4.51. The first-order valence-electron chi connectivity index (χ1n) is 6.62. The molecule has 0 unspecified atom stereocenters. The molecule has 6 nitrogen and oxygen atoms in total. The molecule has 1 aromatic carbocycles. The van der Waals surface area contributed by atoms with Crippen molar-refractivity contribution in [1.29, 1.82) is 0 Å². The smallest absolute Gasteiger partial charge is 0.273 e. The zero-order valence-corrected chi connectivity index (χ0v) is 12.9. The van der Waals surface area contributed by atoms with Gasteiger partial charge in [-0.25, -0.2) is 4.68 Å². The third-order valence-corrected chi connectivity index (χ3v) is 3.25. The van der Waals surface area contributed by atoms with Crippen LogP contribution < -0.4 is 10.1 Å². The highest BCUT2D eigenvalue weighted by Crippen LogP contribution is 2.27. The fourth-order valence-corrected chi connectivity index (χ4v) is 2.09. The summed E-state index contributed by atoms with van der Waals surface area (Å²) in [7, 11) is 1.56. The van der Waals surface area contributed by atoms with E-state index in [0.29, 0.717) is 34.4 Å². The van der Waals surface area contributed by atoms with Gasteiger partial charge >= 0.3 is 0 Å². The van der Waals surface area contributed by atoms with Gasteiger partial charge in [0.1, 0.15) is 11.4 Å². The van der Waals surface area contributed by atoms with Crippen LogP contribution in [0.5, 0.6) is 5.75 Å². The summed E-state index contributed by atoms with van der Waals surface area (Å²) < 4.78 is 6.84. The fourth-order valence-electron chi connectivity index (χ4n) is 1.92. The molecule has 0 bridgehead atoms. The van der Waals surface area contributed by atoms with Crippen LogP contribution in [0.3, 0.4) is 0 Å². The summed E-state index contributed by atoms with van der Waals surface area (Å²) in [4.78, 5) is 12.0. The fraction of sp³-hybridized carbons (Fsp3) is 0.357. The molecule has 0 atom stereocenters. The van der Waals surface area contributed by atoms with Gasteiger partial charge in [0.2, 0.25) is 0 Å². The highest BCUT2D eigenvalue weighted by atomic mass is 35.5. The number of amides is 1. The standard InChI is InChI=1S/C14H17ClN4O2/c1-4-7-16-14(20)13-9(2)19(18-17-13)11-8-10(15)5-6-12(11)21-3/h5-6,8H,4,7H2,1-3H3,(H,16,20). The molecule has 1 aromatic heterocycles. The number of rotatable bonds is 5. The normalized spacial score (nSPS) is 10.5. The van der Waals surface area contributed by atoms with Crippen LogP contribution in [0.2, 0.25) is 5.02 Å². The van der Waals surface area contributed by atoms with E-state index in [-0.39, 0.29) is 5.91 Å². The summed E-state index contributed by atoms with van der Waals surface area (Å²) in [5.74, 6) is 0.370. The van der Waals surface area contributed by atoms with Crippen LogP contribution in [0.1, 0.15) is 29.5 Å². The van der Waals surface area contributed by atoms with Crippen LogP contribution in [0.4, 0.5) is 0 Å². The molecule has 0 saturated carbocycles. The van der Waals surface area contributed by atoms with Gasteiger partial charge in [-0.3, -0.25) is 4.79 Å². The summed E-state index contributed by atoms with van der Waals surface area (Å²) in [6.45, 7) is 4.37. The van der Waals surface area contributed by atoms with Crippen LogP contribution in [0.25, 0.3) is 5.69 Å². The van der Waals surface area contributed by atoms with Crippen molar-refractivity contribution < 1.29 is 9.53 Å². The quantitative estimate of drug-likeness (QED) is 0.920. The maximum atomic E-state index is 12.0. The van der Waals surface area contributed by atoms with Crippen LogP contribution in [0.15, 0.2) is 18.2 Å². The van der Waals surface area contributed by atoms with Crippen molar-refractivity contribution in [2.45, 2.75) is 20.3 Å². The monoisotopic (exact) mass is 308 g/mol. The molecule has 0 aliphatic heterocycles. The number of carbonyl (C=O) groups is 1. The van der Waals surface area contributed by atoms with Gasteiger partial charge in [-0.05, 0) is 31.5 Å². The second kappa shape index (κ2) is 6.58. The van der Waals surface area contributed by atoms with E-state index in [1.807, 2.05) is 6.92 Å². The molecule has 0 aliphatic rings. The number of aromatic nitrogens is 3. The Labute approximate surface area is 128 Å². The minimum atomic E-state index is -0.235. The summed E-state index contributed by atoms with van der Waals surface area (Å²) in [5.41, 5.74) is 1.57. The Morgan fingerprint density at radius 1 is 1.48 bits per heavy atom.